The van der Waals surface area contributed by atoms with Gasteiger partial charge in [0.15, 0.2) is 5.82 Å². The third kappa shape index (κ3) is 5.03. The van der Waals surface area contributed by atoms with Gasteiger partial charge in [-0.25, -0.2) is 9.37 Å². The Morgan fingerprint density at radius 2 is 1.92 bits per heavy atom. The Labute approximate surface area is 233 Å². The second kappa shape index (κ2) is 10.5. The minimum atomic E-state index is -0.520. The number of hydrogen-bond donors (Lipinski definition) is 4. The predicted molar refractivity (Wildman–Crippen MR) is 158 cm³/mol. The maximum absolute atomic E-state index is 16.6. The van der Waals surface area contributed by atoms with Gasteiger partial charge in [0.1, 0.15) is 11.3 Å². The molecule has 3 heterocycles. The number of fused-ring (bicyclic) bond motifs is 1. The van der Waals surface area contributed by atoms with Crippen molar-refractivity contribution in [3.8, 4) is 11.1 Å². The molecule has 1 saturated carbocycles. The van der Waals surface area contributed by atoms with Crippen LogP contribution in [0.2, 0.25) is 5.02 Å². The molecule has 0 unspecified atom stereocenters. The number of piperidine rings is 1. The van der Waals surface area contributed by atoms with E-state index in [-0.39, 0.29) is 28.2 Å². The first-order chi connectivity index (χ1) is 18.8. The van der Waals surface area contributed by atoms with Crippen molar-refractivity contribution in [2.24, 2.45) is 0 Å². The van der Waals surface area contributed by atoms with Crippen LogP contribution in [0, 0.1) is 18.2 Å². The summed E-state index contributed by atoms with van der Waals surface area (Å²) in [5.41, 5.74) is 8.99. The summed E-state index contributed by atoms with van der Waals surface area (Å²) < 4.78 is 16.6. The van der Waals surface area contributed by atoms with Crippen molar-refractivity contribution in [2.45, 2.75) is 57.7 Å². The van der Waals surface area contributed by atoms with Crippen LogP contribution in [0.5, 0.6) is 0 Å². The number of benzene rings is 2. The third-order valence-corrected chi connectivity index (χ3v) is 8.65. The molecule has 1 aromatic heterocycles. The van der Waals surface area contributed by atoms with Crippen molar-refractivity contribution in [3.63, 3.8) is 0 Å². The predicted octanol–water partition coefficient (Wildman–Crippen LogP) is 4.81. The summed E-state index contributed by atoms with van der Waals surface area (Å²) >= 11 is 6.80. The highest BCUT2D eigenvalue weighted by Gasteiger charge is 2.32. The molecule has 10 heteroatoms. The molecule has 206 valence electrons. The van der Waals surface area contributed by atoms with Gasteiger partial charge in [0.05, 0.1) is 5.02 Å². The molecular weight excluding hydrogens is 515 g/mol. The molecule has 0 bridgehead atoms. The molecular formula is C29H36ClFN8. The number of anilines is 3. The Balaban J connectivity index is 1.45. The van der Waals surface area contributed by atoms with Crippen LogP contribution in [-0.4, -0.2) is 71.9 Å². The van der Waals surface area contributed by atoms with E-state index in [1.54, 1.807) is 12.1 Å². The quantitative estimate of drug-likeness (QED) is 0.258. The summed E-state index contributed by atoms with van der Waals surface area (Å²) in [7, 11) is 0. The summed E-state index contributed by atoms with van der Waals surface area (Å²) in [6.07, 6.45) is 5.83. The number of rotatable bonds is 6. The van der Waals surface area contributed by atoms with Gasteiger partial charge in [-0.3, -0.25) is 0 Å². The smallest absolute Gasteiger partial charge is 0.225 e. The van der Waals surface area contributed by atoms with Crippen molar-refractivity contribution in [2.75, 3.05) is 48.7 Å². The molecule has 0 amide bonds. The van der Waals surface area contributed by atoms with Gasteiger partial charge >= 0.3 is 0 Å². The molecule has 2 saturated heterocycles. The molecule has 1 aliphatic carbocycles. The number of aromatic nitrogens is 2. The molecule has 39 heavy (non-hydrogen) atoms. The first-order valence-corrected chi connectivity index (χ1v) is 14.3. The largest absolute Gasteiger partial charge is 0.398 e. The lowest BCUT2D eigenvalue weighted by Gasteiger charge is -2.34. The Bertz CT molecular complexity index is 1420. The number of nitrogens with two attached hydrogens (primary N) is 1. The monoisotopic (exact) mass is 550 g/mol. The second-order valence-corrected chi connectivity index (χ2v) is 11.6. The van der Waals surface area contributed by atoms with Gasteiger partial charge in [0, 0.05) is 84.8 Å². The Morgan fingerprint density at radius 3 is 2.62 bits per heavy atom. The van der Waals surface area contributed by atoms with Crippen molar-refractivity contribution in [1.82, 2.24) is 20.2 Å². The Morgan fingerprint density at radius 1 is 1.15 bits per heavy atom. The number of likely N-dealkylation sites (tertiary alicyclic amines) is 1. The zero-order chi connectivity index (χ0) is 27.3. The molecule has 3 aromatic rings. The molecule has 3 fully saturated rings. The fraction of sp³-hybridized carbons (Fsp3) is 0.483. The van der Waals surface area contributed by atoms with Gasteiger partial charge in [-0.15, -0.1) is 0 Å². The molecule has 0 spiro atoms. The maximum atomic E-state index is 16.6. The summed E-state index contributed by atoms with van der Waals surface area (Å²) in [5, 5.41) is 15.6. The van der Waals surface area contributed by atoms with Crippen LogP contribution < -0.4 is 21.3 Å². The molecule has 2 aliphatic heterocycles. The lowest BCUT2D eigenvalue weighted by atomic mass is 9.94. The van der Waals surface area contributed by atoms with Gasteiger partial charge in [-0.2, -0.15) is 4.98 Å². The van der Waals surface area contributed by atoms with E-state index >= 15 is 4.39 Å². The minimum absolute atomic E-state index is 0.213. The van der Waals surface area contributed by atoms with Gasteiger partial charge in [-0.05, 0) is 51.2 Å². The van der Waals surface area contributed by atoms with E-state index in [9.17, 15) is 0 Å². The SMILES string of the molecule is Cc1ccc(C=N)c(N)c1-c1c(Cl)cc2c(N3CCN[C@H](C)C3)nc(NC3CCN(C4CC4)CC3)nc2c1F. The highest BCUT2D eigenvalue weighted by atomic mass is 35.5. The summed E-state index contributed by atoms with van der Waals surface area (Å²) in [5.74, 6) is 0.614. The fourth-order valence-corrected chi connectivity index (χ4v) is 6.36. The van der Waals surface area contributed by atoms with Crippen molar-refractivity contribution >= 4 is 46.2 Å². The number of halogens is 2. The van der Waals surface area contributed by atoms with Gasteiger partial charge < -0.3 is 31.6 Å². The van der Waals surface area contributed by atoms with Crippen molar-refractivity contribution in [1.29, 1.82) is 5.41 Å². The van der Waals surface area contributed by atoms with Crippen LogP contribution in [0.3, 0.4) is 0 Å². The highest BCUT2D eigenvalue weighted by molar-refractivity contribution is 6.34. The average molecular weight is 551 g/mol. The van der Waals surface area contributed by atoms with E-state index in [1.165, 1.54) is 19.1 Å². The number of nitrogens with zero attached hydrogens (tertiary/aromatic N) is 4. The van der Waals surface area contributed by atoms with Crippen molar-refractivity contribution < 1.29 is 4.39 Å². The summed E-state index contributed by atoms with van der Waals surface area (Å²) in [6, 6.07) is 6.65. The second-order valence-electron chi connectivity index (χ2n) is 11.2. The van der Waals surface area contributed by atoms with E-state index in [1.807, 2.05) is 13.0 Å². The average Bonchev–Trinajstić information content (AvgIpc) is 3.77. The molecule has 1 atom stereocenters. The van der Waals surface area contributed by atoms with Crippen LogP contribution in [0.15, 0.2) is 18.2 Å². The minimum Gasteiger partial charge on any atom is -0.398 e. The van der Waals surface area contributed by atoms with E-state index in [2.05, 4.69) is 27.4 Å². The van der Waals surface area contributed by atoms with Crippen LogP contribution >= 0.6 is 11.6 Å². The number of piperazine rings is 1. The first-order valence-electron chi connectivity index (χ1n) is 13.9. The van der Waals surface area contributed by atoms with E-state index < -0.39 is 5.82 Å². The number of nitrogen functional groups attached to an aromatic ring is 1. The van der Waals surface area contributed by atoms with Crippen LogP contribution in [-0.2, 0) is 0 Å². The Hall–Kier alpha value is -3.01. The van der Waals surface area contributed by atoms with E-state index in [4.69, 9.17) is 32.7 Å². The zero-order valence-electron chi connectivity index (χ0n) is 22.5. The summed E-state index contributed by atoms with van der Waals surface area (Å²) in [4.78, 5) is 14.5. The maximum Gasteiger partial charge on any atom is 0.225 e. The standard InChI is InChI=1S/C29H36ClFN8/c1-16-3-4-18(14-32)26(33)23(16)24-22(30)13-21-27(25(24)31)36-29(37-28(21)39-12-9-34-17(2)15-39)35-19-7-10-38(11-8-19)20-5-6-20/h3-4,13-14,17,19-20,32,34H,5-12,15,33H2,1-2H3,(H,35,36,37)/t17-/m1/s1. The topological polar surface area (TPSA) is 106 Å². The summed E-state index contributed by atoms with van der Waals surface area (Å²) in [6.45, 7) is 8.45. The number of hydrogen-bond acceptors (Lipinski definition) is 8. The molecule has 3 aliphatic rings. The van der Waals surface area contributed by atoms with Gasteiger partial charge in [0.2, 0.25) is 5.95 Å². The molecule has 2 aromatic carbocycles. The molecule has 6 rings (SSSR count). The highest BCUT2D eigenvalue weighted by Crippen LogP contribution is 2.42. The number of aryl methyl sites for hydroxylation is 1. The lowest BCUT2D eigenvalue weighted by Crippen LogP contribution is -2.49. The van der Waals surface area contributed by atoms with E-state index in [0.717, 1.165) is 57.2 Å². The molecule has 5 N–H and O–H groups in total. The third-order valence-electron chi connectivity index (χ3n) is 8.35. The van der Waals surface area contributed by atoms with Gasteiger partial charge in [0.25, 0.3) is 0 Å². The lowest BCUT2D eigenvalue weighted by molar-refractivity contribution is 0.210. The zero-order valence-corrected chi connectivity index (χ0v) is 23.3. The molecule has 8 nitrogen and oxygen atoms in total. The van der Waals surface area contributed by atoms with Crippen LogP contribution in [0.1, 0.15) is 43.7 Å². The van der Waals surface area contributed by atoms with Crippen molar-refractivity contribution in [3.05, 3.63) is 40.2 Å². The first kappa shape index (κ1) is 26.2. The fourth-order valence-electron chi connectivity index (χ4n) is 6.07. The Kier molecular flexibility index (Phi) is 7.07. The van der Waals surface area contributed by atoms with Crippen LogP contribution in [0.25, 0.3) is 22.0 Å². The van der Waals surface area contributed by atoms with E-state index in [0.29, 0.717) is 34.0 Å². The number of nitrogens with one attached hydrogen (secondary N) is 3. The molecule has 0 radical (unpaired) electrons. The van der Waals surface area contributed by atoms with Crippen LogP contribution in [0.4, 0.5) is 21.8 Å². The normalized spacial score (nSPS) is 20.9. The van der Waals surface area contributed by atoms with Gasteiger partial charge in [-0.1, -0.05) is 23.7 Å².